The van der Waals surface area contributed by atoms with E-state index >= 15 is 0 Å². The van der Waals surface area contributed by atoms with Crippen LogP contribution in [0, 0.1) is 0 Å². The maximum Gasteiger partial charge on any atom is 0.242 e. The van der Waals surface area contributed by atoms with Gasteiger partial charge in [-0.05, 0) is 25.8 Å². The topological polar surface area (TPSA) is 55.9 Å². The number of amides is 2. The second-order valence-electron chi connectivity index (χ2n) is 6.32. The monoisotopic (exact) mass is 296 g/mol. The van der Waals surface area contributed by atoms with E-state index in [4.69, 9.17) is 0 Å². The van der Waals surface area contributed by atoms with Gasteiger partial charge in [-0.15, -0.1) is 0 Å². The summed E-state index contributed by atoms with van der Waals surface area (Å²) in [7, 11) is 3.55. The Balaban J connectivity index is 1.86. The van der Waals surface area contributed by atoms with Gasteiger partial charge in [0.1, 0.15) is 0 Å². The van der Waals surface area contributed by atoms with Gasteiger partial charge in [0, 0.05) is 40.3 Å². The molecule has 2 saturated heterocycles. The van der Waals surface area contributed by atoms with Crippen LogP contribution in [0.25, 0.3) is 0 Å². The summed E-state index contributed by atoms with van der Waals surface area (Å²) in [5.41, 5.74) is -0.332. The van der Waals surface area contributed by atoms with Crippen molar-refractivity contribution < 1.29 is 9.59 Å². The zero-order valence-electron chi connectivity index (χ0n) is 13.5. The van der Waals surface area contributed by atoms with Gasteiger partial charge in [-0.1, -0.05) is 6.92 Å². The van der Waals surface area contributed by atoms with Gasteiger partial charge >= 0.3 is 0 Å². The molecule has 0 saturated carbocycles. The quantitative estimate of drug-likeness (QED) is 0.777. The van der Waals surface area contributed by atoms with Crippen LogP contribution >= 0.6 is 0 Å². The molecule has 0 aliphatic carbocycles. The summed E-state index contributed by atoms with van der Waals surface area (Å²) >= 11 is 0. The first-order valence-corrected chi connectivity index (χ1v) is 7.95. The summed E-state index contributed by atoms with van der Waals surface area (Å²) < 4.78 is 0. The first-order valence-electron chi connectivity index (χ1n) is 7.95. The fourth-order valence-electron chi connectivity index (χ4n) is 3.19. The van der Waals surface area contributed by atoms with Gasteiger partial charge in [0.05, 0.1) is 12.1 Å². The third-order valence-electron chi connectivity index (χ3n) is 4.77. The van der Waals surface area contributed by atoms with Crippen molar-refractivity contribution in [2.75, 3.05) is 53.4 Å². The first-order chi connectivity index (χ1) is 9.98. The van der Waals surface area contributed by atoms with Crippen molar-refractivity contribution in [3.63, 3.8) is 0 Å². The number of nitrogens with one attached hydrogen (secondary N) is 1. The summed E-state index contributed by atoms with van der Waals surface area (Å²) in [6.45, 7) is 6.49. The Labute approximate surface area is 127 Å². The SMILES string of the molecule is CCC1(C(=O)N2CCN(CC(=O)N(C)C)CC2)CCCN1. The van der Waals surface area contributed by atoms with Crippen LogP contribution in [0.4, 0.5) is 0 Å². The minimum Gasteiger partial charge on any atom is -0.348 e. The van der Waals surface area contributed by atoms with Crippen molar-refractivity contribution in [1.29, 1.82) is 0 Å². The van der Waals surface area contributed by atoms with Gasteiger partial charge < -0.3 is 15.1 Å². The number of piperazine rings is 1. The number of hydrogen-bond acceptors (Lipinski definition) is 4. The van der Waals surface area contributed by atoms with Crippen LogP contribution in [0.5, 0.6) is 0 Å². The van der Waals surface area contributed by atoms with Crippen LogP contribution in [0.2, 0.25) is 0 Å². The normalized spacial score (nSPS) is 26.9. The molecule has 2 aliphatic rings. The van der Waals surface area contributed by atoms with Crippen LogP contribution in [0.1, 0.15) is 26.2 Å². The highest BCUT2D eigenvalue weighted by molar-refractivity contribution is 5.87. The number of rotatable bonds is 4. The molecular weight excluding hydrogens is 268 g/mol. The van der Waals surface area contributed by atoms with E-state index in [1.165, 1.54) is 0 Å². The molecule has 1 N–H and O–H groups in total. The van der Waals surface area contributed by atoms with Gasteiger partial charge in [0.25, 0.3) is 0 Å². The maximum absolute atomic E-state index is 12.8. The second-order valence-corrected chi connectivity index (χ2v) is 6.32. The molecule has 0 aromatic rings. The molecule has 0 aromatic heterocycles. The molecule has 21 heavy (non-hydrogen) atoms. The summed E-state index contributed by atoms with van der Waals surface area (Å²) in [5.74, 6) is 0.373. The standard InChI is InChI=1S/C15H28N4O2/c1-4-15(6-5-7-16-15)14(21)19-10-8-18(9-11-19)12-13(20)17(2)3/h16H,4-12H2,1-3H3. The molecule has 2 fully saturated rings. The Morgan fingerprint density at radius 2 is 1.86 bits per heavy atom. The Kier molecular flexibility index (Phi) is 5.22. The lowest BCUT2D eigenvalue weighted by molar-refractivity contribution is -0.140. The Bertz CT molecular complexity index is 383. The summed E-state index contributed by atoms with van der Waals surface area (Å²) in [5, 5.41) is 3.41. The van der Waals surface area contributed by atoms with Crippen molar-refractivity contribution >= 4 is 11.8 Å². The maximum atomic E-state index is 12.8. The molecule has 0 aromatic carbocycles. The number of carbonyl (C=O) groups excluding carboxylic acids is 2. The number of likely N-dealkylation sites (N-methyl/N-ethyl adjacent to an activating group) is 1. The smallest absolute Gasteiger partial charge is 0.242 e. The van der Waals surface area contributed by atoms with E-state index in [1.54, 1.807) is 19.0 Å². The average Bonchev–Trinajstić information content (AvgIpc) is 2.97. The van der Waals surface area contributed by atoms with Gasteiger partial charge in [0.15, 0.2) is 0 Å². The molecular formula is C15H28N4O2. The molecule has 2 heterocycles. The molecule has 120 valence electrons. The Morgan fingerprint density at radius 1 is 1.19 bits per heavy atom. The third-order valence-corrected chi connectivity index (χ3v) is 4.77. The largest absolute Gasteiger partial charge is 0.348 e. The van der Waals surface area contributed by atoms with Crippen molar-refractivity contribution in [2.24, 2.45) is 0 Å². The van der Waals surface area contributed by atoms with Crippen molar-refractivity contribution in [2.45, 2.75) is 31.7 Å². The molecule has 2 amide bonds. The van der Waals surface area contributed by atoms with Crippen LogP contribution in [0.15, 0.2) is 0 Å². The molecule has 0 radical (unpaired) electrons. The third kappa shape index (κ3) is 3.55. The van der Waals surface area contributed by atoms with Crippen LogP contribution in [-0.4, -0.2) is 85.4 Å². The molecule has 1 atom stereocenters. The van der Waals surface area contributed by atoms with Crippen LogP contribution in [-0.2, 0) is 9.59 Å². The zero-order valence-corrected chi connectivity index (χ0v) is 13.5. The van der Waals surface area contributed by atoms with E-state index in [0.717, 1.165) is 52.0 Å². The molecule has 6 heteroatoms. The predicted octanol–water partition coefficient (Wildman–Crippen LogP) is -0.249. The lowest BCUT2D eigenvalue weighted by Crippen LogP contribution is -2.59. The number of nitrogens with zero attached hydrogens (tertiary/aromatic N) is 3. The highest BCUT2D eigenvalue weighted by atomic mass is 16.2. The van der Waals surface area contributed by atoms with E-state index < -0.39 is 0 Å². The number of hydrogen-bond donors (Lipinski definition) is 1. The molecule has 1 unspecified atom stereocenters. The predicted molar refractivity (Wildman–Crippen MR) is 82.0 cm³/mol. The number of carbonyl (C=O) groups is 2. The van der Waals surface area contributed by atoms with Crippen molar-refractivity contribution in [3.05, 3.63) is 0 Å². The molecule has 6 nitrogen and oxygen atoms in total. The van der Waals surface area contributed by atoms with E-state index in [-0.39, 0.29) is 17.4 Å². The molecule has 0 bridgehead atoms. The fourth-order valence-corrected chi connectivity index (χ4v) is 3.19. The average molecular weight is 296 g/mol. The molecule has 2 rings (SSSR count). The van der Waals surface area contributed by atoms with E-state index in [9.17, 15) is 9.59 Å². The molecule has 2 aliphatic heterocycles. The highest BCUT2D eigenvalue weighted by Gasteiger charge is 2.42. The van der Waals surface area contributed by atoms with E-state index in [2.05, 4.69) is 17.1 Å². The van der Waals surface area contributed by atoms with E-state index in [1.807, 2.05) is 4.90 Å². The summed E-state index contributed by atoms with van der Waals surface area (Å²) in [6, 6.07) is 0. The van der Waals surface area contributed by atoms with Gasteiger partial charge in [-0.25, -0.2) is 0 Å². The van der Waals surface area contributed by atoms with Crippen molar-refractivity contribution in [1.82, 2.24) is 20.0 Å². The summed E-state index contributed by atoms with van der Waals surface area (Å²) in [4.78, 5) is 30.2. The van der Waals surface area contributed by atoms with Gasteiger partial charge in [-0.2, -0.15) is 0 Å². The van der Waals surface area contributed by atoms with Gasteiger partial charge in [-0.3, -0.25) is 14.5 Å². The van der Waals surface area contributed by atoms with Crippen LogP contribution in [0.3, 0.4) is 0 Å². The first kappa shape index (κ1) is 16.2. The van der Waals surface area contributed by atoms with Crippen molar-refractivity contribution in [3.8, 4) is 0 Å². The summed E-state index contributed by atoms with van der Waals surface area (Å²) in [6.07, 6.45) is 2.88. The minimum atomic E-state index is -0.332. The Morgan fingerprint density at radius 3 is 2.33 bits per heavy atom. The lowest BCUT2D eigenvalue weighted by Gasteiger charge is -2.39. The second kappa shape index (κ2) is 6.75. The van der Waals surface area contributed by atoms with Gasteiger partial charge in [0.2, 0.25) is 11.8 Å². The van der Waals surface area contributed by atoms with E-state index in [0.29, 0.717) is 6.54 Å². The lowest BCUT2D eigenvalue weighted by atomic mass is 9.92. The molecule has 0 spiro atoms. The zero-order chi connectivity index (χ0) is 15.5. The minimum absolute atomic E-state index is 0.122. The van der Waals surface area contributed by atoms with Crippen LogP contribution < -0.4 is 5.32 Å². The fraction of sp³-hybridized carbons (Fsp3) is 0.867. The highest BCUT2D eigenvalue weighted by Crippen LogP contribution is 2.26. The Hall–Kier alpha value is -1.14.